The highest BCUT2D eigenvalue weighted by Gasteiger charge is 2.11. The zero-order valence-corrected chi connectivity index (χ0v) is 11.8. The van der Waals surface area contributed by atoms with Crippen LogP contribution in [0.2, 0.25) is 0 Å². The van der Waals surface area contributed by atoms with Gasteiger partial charge in [-0.05, 0) is 54.7 Å². The summed E-state index contributed by atoms with van der Waals surface area (Å²) in [6.07, 6.45) is 1.10. The van der Waals surface area contributed by atoms with Crippen molar-refractivity contribution in [2.45, 2.75) is 33.1 Å². The van der Waals surface area contributed by atoms with Crippen molar-refractivity contribution in [1.82, 2.24) is 0 Å². The van der Waals surface area contributed by atoms with Gasteiger partial charge in [-0.1, -0.05) is 32.0 Å². The Morgan fingerprint density at radius 2 is 1.84 bits per heavy atom. The molecule has 2 aromatic carbocycles. The molecule has 0 aliphatic rings. The normalized spacial score (nSPS) is 12.2. The molecule has 0 fully saturated rings. The molecular weight excluding hydrogens is 234 g/mol. The predicted octanol–water partition coefficient (Wildman–Crippen LogP) is 4.88. The highest BCUT2D eigenvalue weighted by molar-refractivity contribution is 5.49. The zero-order valence-electron chi connectivity index (χ0n) is 11.8. The number of nitrogen functional groups attached to an aromatic ring is 1. The van der Waals surface area contributed by atoms with Crippen molar-refractivity contribution in [2.24, 2.45) is 0 Å². The number of rotatable bonds is 4. The number of ether oxygens (including phenoxy) is 1. The minimum Gasteiger partial charge on any atom is -0.457 e. The molecule has 0 spiro atoms. The maximum Gasteiger partial charge on any atom is 0.130 e. The molecule has 2 rings (SSSR count). The molecule has 0 amide bonds. The van der Waals surface area contributed by atoms with Gasteiger partial charge < -0.3 is 10.5 Å². The largest absolute Gasteiger partial charge is 0.457 e. The standard InChI is InChI=1S/C17H21NO/c1-4-12(2)15-7-5-6-8-17(15)19-16-10-9-14(18)11-13(16)3/h5-12H,4,18H2,1-3H3. The number of aryl methyl sites for hydroxylation is 1. The van der Waals surface area contributed by atoms with Crippen molar-refractivity contribution in [3.05, 3.63) is 53.6 Å². The minimum atomic E-state index is 0.491. The fourth-order valence-corrected chi connectivity index (χ4v) is 2.11. The summed E-state index contributed by atoms with van der Waals surface area (Å²) in [4.78, 5) is 0. The Kier molecular flexibility index (Phi) is 4.10. The van der Waals surface area contributed by atoms with E-state index in [-0.39, 0.29) is 0 Å². The summed E-state index contributed by atoms with van der Waals surface area (Å²) in [5.41, 5.74) is 8.83. The zero-order chi connectivity index (χ0) is 13.8. The van der Waals surface area contributed by atoms with Gasteiger partial charge in [-0.2, -0.15) is 0 Å². The summed E-state index contributed by atoms with van der Waals surface area (Å²) in [5.74, 6) is 2.29. The number of hydrogen-bond acceptors (Lipinski definition) is 2. The molecule has 0 aliphatic carbocycles. The third-order valence-electron chi connectivity index (χ3n) is 3.48. The van der Waals surface area contributed by atoms with Crippen LogP contribution >= 0.6 is 0 Å². The van der Waals surface area contributed by atoms with Gasteiger partial charge in [0.2, 0.25) is 0 Å². The number of benzene rings is 2. The Morgan fingerprint density at radius 3 is 2.53 bits per heavy atom. The van der Waals surface area contributed by atoms with E-state index in [0.717, 1.165) is 29.2 Å². The van der Waals surface area contributed by atoms with Crippen LogP contribution in [0.3, 0.4) is 0 Å². The molecule has 0 saturated carbocycles. The van der Waals surface area contributed by atoms with Crippen LogP contribution < -0.4 is 10.5 Å². The van der Waals surface area contributed by atoms with E-state index in [9.17, 15) is 0 Å². The molecule has 0 aromatic heterocycles. The van der Waals surface area contributed by atoms with E-state index in [1.807, 2.05) is 37.3 Å². The SMILES string of the molecule is CCC(C)c1ccccc1Oc1ccc(N)cc1C. The van der Waals surface area contributed by atoms with Gasteiger partial charge in [-0.3, -0.25) is 0 Å². The highest BCUT2D eigenvalue weighted by atomic mass is 16.5. The van der Waals surface area contributed by atoms with Crippen molar-refractivity contribution in [1.29, 1.82) is 0 Å². The summed E-state index contributed by atoms with van der Waals surface area (Å²) >= 11 is 0. The Balaban J connectivity index is 2.33. The van der Waals surface area contributed by atoms with Gasteiger partial charge in [0.05, 0.1) is 0 Å². The van der Waals surface area contributed by atoms with E-state index in [2.05, 4.69) is 26.0 Å². The van der Waals surface area contributed by atoms with Crippen LogP contribution in [0.5, 0.6) is 11.5 Å². The van der Waals surface area contributed by atoms with Gasteiger partial charge >= 0.3 is 0 Å². The molecule has 0 saturated heterocycles. The van der Waals surface area contributed by atoms with Crippen molar-refractivity contribution in [3.8, 4) is 11.5 Å². The topological polar surface area (TPSA) is 35.2 Å². The lowest BCUT2D eigenvalue weighted by Crippen LogP contribution is -1.97. The molecular formula is C17H21NO. The average Bonchev–Trinajstić information content (AvgIpc) is 2.41. The van der Waals surface area contributed by atoms with Crippen LogP contribution in [0.15, 0.2) is 42.5 Å². The molecule has 2 nitrogen and oxygen atoms in total. The predicted molar refractivity (Wildman–Crippen MR) is 80.8 cm³/mol. The van der Waals surface area contributed by atoms with Crippen LogP contribution in [0, 0.1) is 6.92 Å². The molecule has 0 bridgehead atoms. The van der Waals surface area contributed by atoms with E-state index in [1.54, 1.807) is 0 Å². The third-order valence-corrected chi connectivity index (χ3v) is 3.48. The fraction of sp³-hybridized carbons (Fsp3) is 0.294. The van der Waals surface area contributed by atoms with E-state index >= 15 is 0 Å². The van der Waals surface area contributed by atoms with E-state index in [1.165, 1.54) is 5.56 Å². The van der Waals surface area contributed by atoms with Crippen molar-refractivity contribution < 1.29 is 4.74 Å². The van der Waals surface area contributed by atoms with Crippen molar-refractivity contribution >= 4 is 5.69 Å². The molecule has 2 heteroatoms. The quantitative estimate of drug-likeness (QED) is 0.790. The van der Waals surface area contributed by atoms with Gasteiger partial charge in [0.25, 0.3) is 0 Å². The molecule has 0 radical (unpaired) electrons. The third kappa shape index (κ3) is 3.08. The van der Waals surface area contributed by atoms with Gasteiger partial charge in [0.15, 0.2) is 0 Å². The molecule has 0 heterocycles. The first-order valence-electron chi connectivity index (χ1n) is 6.74. The van der Waals surface area contributed by atoms with Gasteiger partial charge in [-0.25, -0.2) is 0 Å². The van der Waals surface area contributed by atoms with Crippen LogP contribution in [-0.2, 0) is 0 Å². The first kappa shape index (κ1) is 13.5. The lowest BCUT2D eigenvalue weighted by atomic mass is 9.98. The number of para-hydroxylation sites is 1. The van der Waals surface area contributed by atoms with Gasteiger partial charge in [-0.15, -0.1) is 0 Å². The van der Waals surface area contributed by atoms with Crippen LogP contribution in [0.1, 0.15) is 37.3 Å². The first-order chi connectivity index (χ1) is 9.11. The molecule has 1 unspecified atom stereocenters. The first-order valence-corrected chi connectivity index (χ1v) is 6.74. The molecule has 19 heavy (non-hydrogen) atoms. The Hall–Kier alpha value is -1.96. The second-order valence-electron chi connectivity index (χ2n) is 4.97. The van der Waals surface area contributed by atoms with Crippen LogP contribution in [0.25, 0.3) is 0 Å². The van der Waals surface area contributed by atoms with E-state index in [4.69, 9.17) is 10.5 Å². The summed E-state index contributed by atoms with van der Waals surface area (Å²) in [7, 11) is 0. The molecule has 1 atom stereocenters. The summed E-state index contributed by atoms with van der Waals surface area (Å²) in [6, 6.07) is 14.0. The maximum absolute atomic E-state index is 6.06. The van der Waals surface area contributed by atoms with Crippen molar-refractivity contribution in [3.63, 3.8) is 0 Å². The van der Waals surface area contributed by atoms with Crippen LogP contribution in [-0.4, -0.2) is 0 Å². The lowest BCUT2D eigenvalue weighted by Gasteiger charge is -2.16. The highest BCUT2D eigenvalue weighted by Crippen LogP contribution is 2.33. The fourth-order valence-electron chi connectivity index (χ4n) is 2.11. The van der Waals surface area contributed by atoms with Crippen LogP contribution in [0.4, 0.5) is 5.69 Å². The Bertz CT molecular complexity index is 563. The summed E-state index contributed by atoms with van der Waals surface area (Å²) in [5, 5.41) is 0. The van der Waals surface area contributed by atoms with Crippen molar-refractivity contribution in [2.75, 3.05) is 5.73 Å². The average molecular weight is 255 g/mol. The second kappa shape index (κ2) is 5.79. The maximum atomic E-state index is 6.06. The number of hydrogen-bond donors (Lipinski definition) is 1. The number of nitrogens with two attached hydrogens (primary N) is 1. The lowest BCUT2D eigenvalue weighted by molar-refractivity contribution is 0.467. The monoisotopic (exact) mass is 255 g/mol. The molecule has 100 valence electrons. The minimum absolute atomic E-state index is 0.491. The smallest absolute Gasteiger partial charge is 0.130 e. The van der Waals surface area contributed by atoms with Gasteiger partial charge in [0, 0.05) is 5.69 Å². The van der Waals surface area contributed by atoms with Gasteiger partial charge in [0.1, 0.15) is 11.5 Å². The van der Waals surface area contributed by atoms with E-state index < -0.39 is 0 Å². The number of anilines is 1. The molecule has 2 aromatic rings. The Labute approximate surface area is 115 Å². The molecule has 2 N–H and O–H groups in total. The molecule has 0 aliphatic heterocycles. The summed E-state index contributed by atoms with van der Waals surface area (Å²) < 4.78 is 6.06. The Morgan fingerprint density at radius 1 is 1.11 bits per heavy atom. The second-order valence-corrected chi connectivity index (χ2v) is 4.97. The summed E-state index contributed by atoms with van der Waals surface area (Å²) in [6.45, 7) is 6.42. The van der Waals surface area contributed by atoms with E-state index in [0.29, 0.717) is 5.92 Å².